The molecule has 1 fully saturated rings. The van der Waals surface area contributed by atoms with Gasteiger partial charge in [-0.1, -0.05) is 42.5 Å². The van der Waals surface area contributed by atoms with Gasteiger partial charge in [-0.05, 0) is 12.0 Å². The summed E-state index contributed by atoms with van der Waals surface area (Å²) in [6.45, 7) is 4.44. The van der Waals surface area contributed by atoms with Crippen LogP contribution in [0.5, 0.6) is 0 Å². The molecule has 2 amide bonds. The Hall–Kier alpha value is -2.41. The number of hydrogen-bond acceptors (Lipinski definition) is 4. The van der Waals surface area contributed by atoms with Gasteiger partial charge in [-0.15, -0.1) is 5.10 Å². The van der Waals surface area contributed by atoms with Crippen molar-refractivity contribution in [2.45, 2.75) is 25.9 Å². The average molecular weight is 315 g/mol. The number of morpholine rings is 1. The van der Waals surface area contributed by atoms with Crippen molar-refractivity contribution in [2.75, 3.05) is 25.1 Å². The highest BCUT2D eigenvalue weighted by molar-refractivity contribution is 5.88. The minimum atomic E-state index is -0.146. The number of rotatable bonds is 4. The van der Waals surface area contributed by atoms with Crippen LogP contribution in [0, 0.1) is 0 Å². The zero-order chi connectivity index (χ0) is 16.1. The SMILES string of the molecule is CCC1COCCN1C(=O)Nc1cn(Cc2ccccc2)nn1. The van der Waals surface area contributed by atoms with E-state index in [2.05, 4.69) is 22.6 Å². The molecule has 122 valence electrons. The van der Waals surface area contributed by atoms with Crippen LogP contribution in [-0.2, 0) is 11.3 Å². The van der Waals surface area contributed by atoms with E-state index in [0.29, 0.717) is 32.1 Å². The first-order valence-corrected chi connectivity index (χ1v) is 7.85. The highest BCUT2D eigenvalue weighted by atomic mass is 16.5. The molecule has 7 nitrogen and oxygen atoms in total. The summed E-state index contributed by atoms with van der Waals surface area (Å²) in [6, 6.07) is 9.97. The molecular weight excluding hydrogens is 294 g/mol. The largest absolute Gasteiger partial charge is 0.377 e. The Balaban J connectivity index is 1.61. The minimum absolute atomic E-state index is 0.114. The van der Waals surface area contributed by atoms with Crippen molar-refractivity contribution >= 4 is 11.8 Å². The van der Waals surface area contributed by atoms with Crippen LogP contribution in [0.15, 0.2) is 36.5 Å². The van der Waals surface area contributed by atoms with Crippen molar-refractivity contribution in [1.29, 1.82) is 0 Å². The van der Waals surface area contributed by atoms with Gasteiger partial charge in [0.15, 0.2) is 5.82 Å². The zero-order valence-corrected chi connectivity index (χ0v) is 13.2. The summed E-state index contributed by atoms with van der Waals surface area (Å²) in [6.07, 6.45) is 2.61. The van der Waals surface area contributed by atoms with Crippen LogP contribution in [0.25, 0.3) is 0 Å². The lowest BCUT2D eigenvalue weighted by Crippen LogP contribution is -2.50. The number of carbonyl (C=O) groups excluding carboxylic acids is 1. The number of hydrogen-bond donors (Lipinski definition) is 1. The van der Waals surface area contributed by atoms with E-state index in [1.807, 2.05) is 30.3 Å². The number of ether oxygens (including phenoxy) is 1. The molecule has 0 spiro atoms. The van der Waals surface area contributed by atoms with Gasteiger partial charge in [0.2, 0.25) is 0 Å². The van der Waals surface area contributed by atoms with Crippen molar-refractivity contribution in [3.63, 3.8) is 0 Å². The van der Waals surface area contributed by atoms with Crippen LogP contribution in [0.4, 0.5) is 10.6 Å². The third-order valence-corrected chi connectivity index (χ3v) is 3.92. The topological polar surface area (TPSA) is 72.3 Å². The van der Waals surface area contributed by atoms with Crippen LogP contribution >= 0.6 is 0 Å². The Bertz CT molecular complexity index is 643. The second-order valence-corrected chi connectivity index (χ2v) is 5.55. The van der Waals surface area contributed by atoms with Crippen molar-refractivity contribution in [3.8, 4) is 0 Å². The summed E-state index contributed by atoms with van der Waals surface area (Å²) in [5.74, 6) is 0.465. The Kier molecular flexibility index (Phi) is 4.87. The van der Waals surface area contributed by atoms with Crippen molar-refractivity contribution in [3.05, 3.63) is 42.1 Å². The molecule has 1 aromatic carbocycles. The normalized spacial score (nSPS) is 18.0. The van der Waals surface area contributed by atoms with E-state index in [-0.39, 0.29) is 12.1 Å². The van der Waals surface area contributed by atoms with E-state index in [9.17, 15) is 4.79 Å². The van der Waals surface area contributed by atoms with Gasteiger partial charge in [0.1, 0.15) is 0 Å². The molecule has 7 heteroatoms. The molecule has 1 aromatic heterocycles. The fourth-order valence-corrected chi connectivity index (χ4v) is 2.65. The summed E-state index contributed by atoms with van der Waals surface area (Å²) in [5, 5.41) is 10.9. The number of urea groups is 1. The number of anilines is 1. The Morgan fingerprint density at radius 2 is 2.22 bits per heavy atom. The zero-order valence-electron chi connectivity index (χ0n) is 13.2. The molecule has 0 bridgehead atoms. The number of nitrogens with one attached hydrogen (secondary N) is 1. The number of nitrogens with zero attached hydrogens (tertiary/aromatic N) is 4. The first kappa shape index (κ1) is 15.5. The lowest BCUT2D eigenvalue weighted by Gasteiger charge is -2.34. The maximum Gasteiger partial charge on any atom is 0.323 e. The van der Waals surface area contributed by atoms with Gasteiger partial charge in [0.25, 0.3) is 0 Å². The molecule has 2 heterocycles. The molecule has 0 saturated carbocycles. The molecular formula is C16H21N5O2. The van der Waals surface area contributed by atoms with Crippen molar-refractivity contribution < 1.29 is 9.53 Å². The summed E-state index contributed by atoms with van der Waals surface area (Å²) in [4.78, 5) is 14.2. The number of aromatic nitrogens is 3. The lowest BCUT2D eigenvalue weighted by atomic mass is 10.2. The monoisotopic (exact) mass is 315 g/mol. The summed E-state index contributed by atoms with van der Waals surface area (Å²) in [5.41, 5.74) is 1.13. The van der Waals surface area contributed by atoms with E-state index in [1.165, 1.54) is 0 Å². The van der Waals surface area contributed by atoms with Gasteiger partial charge < -0.3 is 9.64 Å². The van der Waals surface area contributed by atoms with E-state index in [4.69, 9.17) is 4.74 Å². The predicted octanol–water partition coefficient (Wildman–Crippen LogP) is 1.97. The van der Waals surface area contributed by atoms with E-state index in [0.717, 1.165) is 12.0 Å². The first-order valence-electron chi connectivity index (χ1n) is 7.85. The van der Waals surface area contributed by atoms with Crippen LogP contribution in [-0.4, -0.2) is 51.7 Å². The molecule has 0 aliphatic carbocycles. The van der Waals surface area contributed by atoms with Crippen molar-refractivity contribution in [1.82, 2.24) is 19.9 Å². The molecule has 1 atom stereocenters. The average Bonchev–Trinajstić information content (AvgIpc) is 3.02. The maximum atomic E-state index is 12.4. The molecule has 23 heavy (non-hydrogen) atoms. The van der Waals surface area contributed by atoms with Gasteiger partial charge in [-0.3, -0.25) is 5.32 Å². The molecule has 1 N–H and O–H groups in total. The second-order valence-electron chi connectivity index (χ2n) is 5.55. The first-order chi connectivity index (χ1) is 11.3. The number of benzene rings is 1. The molecule has 1 saturated heterocycles. The molecule has 0 radical (unpaired) electrons. The number of carbonyl (C=O) groups is 1. The fourth-order valence-electron chi connectivity index (χ4n) is 2.65. The van der Waals surface area contributed by atoms with Crippen LogP contribution in [0.3, 0.4) is 0 Å². The summed E-state index contributed by atoms with van der Waals surface area (Å²) in [7, 11) is 0. The molecule has 2 aromatic rings. The van der Waals surface area contributed by atoms with Crippen molar-refractivity contribution in [2.24, 2.45) is 0 Å². The molecule has 1 unspecified atom stereocenters. The third-order valence-electron chi connectivity index (χ3n) is 3.92. The lowest BCUT2D eigenvalue weighted by molar-refractivity contribution is 0.0143. The van der Waals surface area contributed by atoms with Crippen LogP contribution in [0.1, 0.15) is 18.9 Å². The number of amides is 2. The Morgan fingerprint density at radius 1 is 1.39 bits per heavy atom. The van der Waals surface area contributed by atoms with Crippen LogP contribution < -0.4 is 5.32 Å². The summed E-state index contributed by atoms with van der Waals surface area (Å²) >= 11 is 0. The van der Waals surface area contributed by atoms with Crippen LogP contribution in [0.2, 0.25) is 0 Å². The predicted molar refractivity (Wildman–Crippen MR) is 86.2 cm³/mol. The summed E-state index contributed by atoms with van der Waals surface area (Å²) < 4.78 is 7.13. The second kappa shape index (κ2) is 7.23. The smallest absolute Gasteiger partial charge is 0.323 e. The Morgan fingerprint density at radius 3 is 3.00 bits per heavy atom. The molecule has 1 aliphatic heterocycles. The third kappa shape index (κ3) is 3.87. The molecule has 1 aliphatic rings. The van der Waals surface area contributed by atoms with Gasteiger partial charge >= 0.3 is 6.03 Å². The minimum Gasteiger partial charge on any atom is -0.377 e. The fraction of sp³-hybridized carbons (Fsp3) is 0.438. The highest BCUT2D eigenvalue weighted by Crippen LogP contribution is 2.13. The van der Waals surface area contributed by atoms with E-state index in [1.54, 1.807) is 15.8 Å². The highest BCUT2D eigenvalue weighted by Gasteiger charge is 2.26. The van der Waals surface area contributed by atoms with E-state index >= 15 is 0 Å². The Labute approximate surface area is 135 Å². The van der Waals surface area contributed by atoms with Gasteiger partial charge in [0, 0.05) is 6.54 Å². The van der Waals surface area contributed by atoms with Gasteiger partial charge in [0.05, 0.1) is 32.0 Å². The standard InChI is InChI=1S/C16H21N5O2/c1-2-14-12-23-9-8-21(14)16(22)17-15-11-20(19-18-15)10-13-6-4-3-5-7-13/h3-7,11,14H,2,8-10,12H2,1H3,(H,17,22). The van der Waals surface area contributed by atoms with E-state index < -0.39 is 0 Å². The van der Waals surface area contributed by atoms with Gasteiger partial charge in [-0.2, -0.15) is 0 Å². The quantitative estimate of drug-likeness (QED) is 0.936. The molecule has 3 rings (SSSR count). The van der Waals surface area contributed by atoms with Gasteiger partial charge in [-0.25, -0.2) is 9.48 Å². The maximum absolute atomic E-state index is 12.4.